The fraction of sp³-hybridized carbons (Fsp3) is 0.625. The molecular formula is C16H23N. The van der Waals surface area contributed by atoms with E-state index in [1.54, 1.807) is 0 Å². The van der Waals surface area contributed by atoms with Crippen LogP contribution in [0.25, 0.3) is 0 Å². The van der Waals surface area contributed by atoms with Gasteiger partial charge in [0.1, 0.15) is 0 Å². The van der Waals surface area contributed by atoms with E-state index >= 15 is 0 Å². The van der Waals surface area contributed by atoms with Gasteiger partial charge >= 0.3 is 0 Å². The molecule has 0 saturated heterocycles. The minimum atomic E-state index is 0.114. The second-order valence-electron chi connectivity index (χ2n) is 6.03. The van der Waals surface area contributed by atoms with E-state index in [0.717, 1.165) is 5.92 Å². The lowest BCUT2D eigenvalue weighted by atomic mass is 9.58. The highest BCUT2D eigenvalue weighted by Crippen LogP contribution is 2.63. The van der Waals surface area contributed by atoms with Crippen LogP contribution in [0.1, 0.15) is 51.0 Å². The first-order valence-corrected chi connectivity index (χ1v) is 7.07. The Bertz CT molecular complexity index is 393. The first-order valence-electron chi connectivity index (χ1n) is 7.07. The second-order valence-corrected chi connectivity index (χ2v) is 6.03. The van der Waals surface area contributed by atoms with Crippen LogP contribution in [-0.2, 0) is 5.41 Å². The minimum absolute atomic E-state index is 0.114. The van der Waals surface area contributed by atoms with Crippen LogP contribution in [0.5, 0.6) is 0 Å². The summed E-state index contributed by atoms with van der Waals surface area (Å²) in [5, 5.41) is 0. The number of hydrogen-bond donors (Lipinski definition) is 1. The van der Waals surface area contributed by atoms with Gasteiger partial charge in [-0.15, -0.1) is 0 Å². The lowest BCUT2D eigenvalue weighted by Crippen LogP contribution is -2.54. The maximum absolute atomic E-state index is 6.75. The average Bonchev–Trinajstić information content (AvgIpc) is 2.91. The van der Waals surface area contributed by atoms with Crippen molar-refractivity contribution in [1.82, 2.24) is 0 Å². The molecule has 2 aliphatic rings. The number of rotatable bonds is 4. The van der Waals surface area contributed by atoms with Gasteiger partial charge in [-0.2, -0.15) is 0 Å². The quantitative estimate of drug-likeness (QED) is 0.838. The van der Waals surface area contributed by atoms with E-state index in [0.29, 0.717) is 5.41 Å². The Morgan fingerprint density at radius 1 is 1.24 bits per heavy atom. The maximum atomic E-state index is 6.75. The van der Waals surface area contributed by atoms with Crippen molar-refractivity contribution in [3.63, 3.8) is 0 Å². The molecule has 0 spiro atoms. The Morgan fingerprint density at radius 3 is 2.47 bits per heavy atom. The summed E-state index contributed by atoms with van der Waals surface area (Å²) in [6.07, 6.45) is 7.78. The smallest absolute Gasteiger partial charge is 0.0284 e. The first-order chi connectivity index (χ1) is 8.23. The summed E-state index contributed by atoms with van der Waals surface area (Å²) < 4.78 is 0. The van der Waals surface area contributed by atoms with Crippen LogP contribution in [-0.4, -0.2) is 5.54 Å². The molecular weight excluding hydrogens is 206 g/mol. The highest BCUT2D eigenvalue weighted by atomic mass is 14.9. The second kappa shape index (κ2) is 3.84. The Morgan fingerprint density at radius 2 is 1.94 bits per heavy atom. The monoisotopic (exact) mass is 229 g/mol. The molecule has 17 heavy (non-hydrogen) atoms. The van der Waals surface area contributed by atoms with Gasteiger partial charge in [0.2, 0.25) is 0 Å². The van der Waals surface area contributed by atoms with Gasteiger partial charge in [-0.05, 0) is 37.2 Å². The molecule has 0 aliphatic heterocycles. The third-order valence-corrected chi connectivity index (χ3v) is 5.21. The summed E-state index contributed by atoms with van der Waals surface area (Å²) in [7, 11) is 0. The number of benzene rings is 1. The molecule has 0 bridgehead atoms. The van der Waals surface area contributed by atoms with E-state index in [2.05, 4.69) is 37.3 Å². The molecule has 1 aromatic carbocycles. The third kappa shape index (κ3) is 1.48. The van der Waals surface area contributed by atoms with E-state index in [1.807, 2.05) is 0 Å². The predicted octanol–water partition coefficient (Wildman–Crippen LogP) is 3.63. The summed E-state index contributed by atoms with van der Waals surface area (Å²) in [6, 6.07) is 11.0. The van der Waals surface area contributed by atoms with Gasteiger partial charge in [0.25, 0.3) is 0 Å². The van der Waals surface area contributed by atoms with E-state index in [4.69, 9.17) is 5.73 Å². The van der Waals surface area contributed by atoms with Crippen LogP contribution in [0.3, 0.4) is 0 Å². The molecule has 0 heterocycles. The molecule has 0 radical (unpaired) electrons. The topological polar surface area (TPSA) is 26.0 Å². The van der Waals surface area contributed by atoms with Crippen LogP contribution >= 0.6 is 0 Å². The minimum Gasteiger partial charge on any atom is -0.324 e. The van der Waals surface area contributed by atoms with Crippen LogP contribution < -0.4 is 5.73 Å². The molecule has 2 saturated carbocycles. The van der Waals surface area contributed by atoms with Crippen molar-refractivity contribution in [3.8, 4) is 0 Å². The van der Waals surface area contributed by atoms with Crippen LogP contribution in [0.15, 0.2) is 30.3 Å². The highest BCUT2D eigenvalue weighted by Gasteiger charge is 2.65. The fourth-order valence-electron chi connectivity index (χ4n) is 3.95. The SMILES string of the molecule is CCCC1CC1(N)C1(c2ccccc2)CCC1. The number of nitrogens with two attached hydrogens (primary N) is 1. The van der Waals surface area contributed by atoms with Gasteiger partial charge in [0.05, 0.1) is 0 Å². The van der Waals surface area contributed by atoms with E-state index in [-0.39, 0.29) is 5.54 Å². The summed E-state index contributed by atoms with van der Waals surface area (Å²) >= 11 is 0. The van der Waals surface area contributed by atoms with Crippen LogP contribution in [0.2, 0.25) is 0 Å². The Balaban J connectivity index is 1.89. The Kier molecular flexibility index (Phi) is 2.55. The van der Waals surface area contributed by atoms with Crippen molar-refractivity contribution in [3.05, 3.63) is 35.9 Å². The molecule has 0 amide bonds. The van der Waals surface area contributed by atoms with Gasteiger partial charge in [-0.3, -0.25) is 0 Å². The zero-order valence-corrected chi connectivity index (χ0v) is 10.8. The van der Waals surface area contributed by atoms with Crippen molar-refractivity contribution in [2.75, 3.05) is 0 Å². The predicted molar refractivity (Wildman–Crippen MR) is 71.9 cm³/mol. The lowest BCUT2D eigenvalue weighted by molar-refractivity contribution is 0.168. The van der Waals surface area contributed by atoms with Gasteiger partial charge in [0.15, 0.2) is 0 Å². The fourth-order valence-corrected chi connectivity index (χ4v) is 3.95. The summed E-state index contributed by atoms with van der Waals surface area (Å²) in [5.74, 6) is 0.771. The molecule has 2 aliphatic carbocycles. The third-order valence-electron chi connectivity index (χ3n) is 5.21. The molecule has 3 rings (SSSR count). The van der Waals surface area contributed by atoms with Crippen LogP contribution in [0.4, 0.5) is 0 Å². The van der Waals surface area contributed by atoms with Crippen molar-refractivity contribution in [1.29, 1.82) is 0 Å². The summed E-state index contributed by atoms with van der Waals surface area (Å²) in [4.78, 5) is 0. The molecule has 0 aromatic heterocycles. The normalized spacial score (nSPS) is 34.1. The van der Waals surface area contributed by atoms with Gasteiger partial charge in [-0.25, -0.2) is 0 Å². The van der Waals surface area contributed by atoms with E-state index < -0.39 is 0 Å². The molecule has 1 nitrogen and oxygen atoms in total. The van der Waals surface area contributed by atoms with E-state index in [9.17, 15) is 0 Å². The zero-order chi connectivity index (χ0) is 11.9. The maximum Gasteiger partial charge on any atom is 0.0284 e. The molecule has 2 unspecified atom stereocenters. The molecule has 92 valence electrons. The van der Waals surface area contributed by atoms with Crippen LogP contribution in [0, 0.1) is 5.92 Å². The lowest BCUT2D eigenvalue weighted by Gasteiger charge is -2.48. The van der Waals surface area contributed by atoms with E-state index in [1.165, 1.54) is 44.1 Å². The Hall–Kier alpha value is -0.820. The zero-order valence-electron chi connectivity index (χ0n) is 10.8. The standard InChI is InChI=1S/C16H23N/c1-2-7-14-12-16(14,17)15(10-6-11-15)13-8-4-3-5-9-13/h3-5,8-9,14H,2,6-7,10-12,17H2,1H3. The van der Waals surface area contributed by atoms with Crippen molar-refractivity contribution < 1.29 is 0 Å². The average molecular weight is 229 g/mol. The first kappa shape index (κ1) is 11.3. The van der Waals surface area contributed by atoms with Gasteiger partial charge < -0.3 is 5.73 Å². The summed E-state index contributed by atoms with van der Waals surface area (Å²) in [5.41, 5.74) is 8.67. The van der Waals surface area contributed by atoms with Crippen molar-refractivity contribution >= 4 is 0 Å². The molecule has 2 N–H and O–H groups in total. The highest BCUT2D eigenvalue weighted by molar-refractivity contribution is 5.38. The number of hydrogen-bond acceptors (Lipinski definition) is 1. The van der Waals surface area contributed by atoms with Crippen molar-refractivity contribution in [2.45, 2.75) is 56.4 Å². The van der Waals surface area contributed by atoms with Gasteiger partial charge in [-0.1, -0.05) is 50.1 Å². The largest absolute Gasteiger partial charge is 0.324 e. The summed E-state index contributed by atoms with van der Waals surface area (Å²) in [6.45, 7) is 2.27. The Labute approximate surface area is 104 Å². The molecule has 2 fully saturated rings. The van der Waals surface area contributed by atoms with Gasteiger partial charge in [0, 0.05) is 11.0 Å². The molecule has 1 aromatic rings. The molecule has 1 heteroatoms. The molecule has 2 atom stereocenters. The van der Waals surface area contributed by atoms with Crippen molar-refractivity contribution in [2.24, 2.45) is 11.7 Å².